The molecule has 0 amide bonds. The van der Waals surface area contributed by atoms with E-state index in [1.54, 1.807) is 0 Å². The van der Waals surface area contributed by atoms with Gasteiger partial charge in [-0.2, -0.15) is 0 Å². The monoisotopic (exact) mass is 692 g/mol. The second kappa shape index (κ2) is 13.2. The number of rotatable bonds is 5. The van der Waals surface area contributed by atoms with Crippen LogP contribution in [0.15, 0.2) is 81.7 Å². The first kappa shape index (κ1) is 30.0. The largest absolute Gasteiger partial charge is 0.397 e. The van der Waals surface area contributed by atoms with Gasteiger partial charge in [0.2, 0.25) is 0 Å². The molecule has 0 unspecified atom stereocenters. The molecule has 0 aromatic heterocycles. The molecule has 0 fully saturated rings. The van der Waals surface area contributed by atoms with Crippen molar-refractivity contribution in [1.82, 2.24) is 9.80 Å². The third kappa shape index (κ3) is 6.78. The van der Waals surface area contributed by atoms with Gasteiger partial charge >= 0.3 is 0 Å². The van der Waals surface area contributed by atoms with Crippen molar-refractivity contribution < 1.29 is 4.92 Å². The molecule has 42 heavy (non-hydrogen) atoms. The minimum atomic E-state index is -0.420. The second-order valence-corrected chi connectivity index (χ2v) is 12.4. The van der Waals surface area contributed by atoms with Gasteiger partial charge in [0, 0.05) is 59.8 Å². The normalized spacial score (nSPS) is 14.8. The van der Waals surface area contributed by atoms with E-state index in [0.29, 0.717) is 17.9 Å². The predicted octanol–water partition coefficient (Wildman–Crippen LogP) is 6.67. The first-order valence-electron chi connectivity index (χ1n) is 13.8. The summed E-state index contributed by atoms with van der Waals surface area (Å²) in [6.07, 6.45) is 1.85. The molecule has 4 aromatic carbocycles. The maximum Gasteiger partial charge on any atom is 0.293 e. The van der Waals surface area contributed by atoms with Gasteiger partial charge in [0.1, 0.15) is 5.69 Å². The summed E-state index contributed by atoms with van der Waals surface area (Å²) >= 11 is 7.04. The van der Waals surface area contributed by atoms with Crippen LogP contribution in [0.4, 0.5) is 22.7 Å². The Morgan fingerprint density at radius 1 is 0.690 bits per heavy atom. The first-order valence-corrected chi connectivity index (χ1v) is 15.4. The van der Waals surface area contributed by atoms with E-state index in [-0.39, 0.29) is 5.69 Å². The van der Waals surface area contributed by atoms with Crippen molar-refractivity contribution in [1.29, 1.82) is 0 Å². The van der Waals surface area contributed by atoms with Gasteiger partial charge in [0.25, 0.3) is 5.69 Å². The van der Waals surface area contributed by atoms with E-state index in [0.717, 1.165) is 71.3 Å². The van der Waals surface area contributed by atoms with Crippen molar-refractivity contribution >= 4 is 54.6 Å². The zero-order valence-corrected chi connectivity index (χ0v) is 26.4. The number of halogens is 2. The molecule has 0 spiro atoms. The van der Waals surface area contributed by atoms with Gasteiger partial charge in [-0.05, 0) is 46.7 Å². The van der Waals surface area contributed by atoms with Gasteiger partial charge in [0.15, 0.2) is 0 Å². The van der Waals surface area contributed by atoms with Crippen LogP contribution in [0.5, 0.6) is 0 Å². The molecule has 4 aromatic rings. The van der Waals surface area contributed by atoms with Crippen molar-refractivity contribution in [3.8, 4) is 0 Å². The highest BCUT2D eigenvalue weighted by molar-refractivity contribution is 9.10. The fourth-order valence-corrected chi connectivity index (χ4v) is 7.02. The molecule has 6 N–H and O–H groups in total. The Kier molecular flexibility index (Phi) is 9.47. The van der Waals surface area contributed by atoms with Crippen LogP contribution in [0.25, 0.3) is 0 Å². The van der Waals surface area contributed by atoms with Crippen molar-refractivity contribution in [3.05, 3.63) is 125 Å². The number of hydrogen-bond donors (Lipinski definition) is 3. The summed E-state index contributed by atoms with van der Waals surface area (Å²) in [7, 11) is 0. The van der Waals surface area contributed by atoms with Gasteiger partial charge in [-0.3, -0.25) is 19.9 Å². The Labute approximate surface area is 262 Å². The number of anilines is 3. The van der Waals surface area contributed by atoms with Crippen LogP contribution in [-0.4, -0.2) is 27.8 Å². The molecular weight excluding hydrogens is 660 g/mol. The van der Waals surface area contributed by atoms with Crippen LogP contribution in [0.1, 0.15) is 33.4 Å². The minimum absolute atomic E-state index is 0.0211. The van der Waals surface area contributed by atoms with Gasteiger partial charge in [-0.1, -0.05) is 92.5 Å². The number of nitrogens with zero attached hydrogens (tertiary/aromatic N) is 3. The maximum atomic E-state index is 11.1. The summed E-state index contributed by atoms with van der Waals surface area (Å²) in [5, 5.41) is 11.1. The molecule has 2 aliphatic rings. The van der Waals surface area contributed by atoms with Crippen LogP contribution < -0.4 is 17.2 Å². The lowest BCUT2D eigenvalue weighted by Crippen LogP contribution is -2.31. The van der Waals surface area contributed by atoms with E-state index in [1.807, 2.05) is 30.3 Å². The summed E-state index contributed by atoms with van der Waals surface area (Å²) in [5.41, 5.74) is 26.9. The zero-order chi connectivity index (χ0) is 29.8. The van der Waals surface area contributed by atoms with Crippen molar-refractivity contribution in [2.24, 2.45) is 0 Å². The van der Waals surface area contributed by atoms with Crippen LogP contribution in [0, 0.1) is 10.1 Å². The molecule has 10 heteroatoms. The molecule has 8 nitrogen and oxygen atoms in total. The number of hydrogen-bond acceptors (Lipinski definition) is 7. The van der Waals surface area contributed by atoms with Gasteiger partial charge in [-0.25, -0.2) is 0 Å². The Bertz CT molecular complexity index is 1580. The molecule has 2 heterocycles. The van der Waals surface area contributed by atoms with Gasteiger partial charge < -0.3 is 17.2 Å². The Balaban J connectivity index is 0.000000169. The molecule has 6 rings (SSSR count). The average Bonchev–Trinajstić information content (AvgIpc) is 2.99. The van der Waals surface area contributed by atoms with E-state index in [1.165, 1.54) is 28.3 Å². The lowest BCUT2D eigenvalue weighted by atomic mass is 9.96. The number of benzene rings is 4. The molecular formula is C32H34Br2N6O2. The Morgan fingerprint density at radius 3 is 1.62 bits per heavy atom. The molecule has 0 radical (unpaired) electrons. The van der Waals surface area contributed by atoms with E-state index in [2.05, 4.69) is 78.1 Å². The van der Waals surface area contributed by atoms with Gasteiger partial charge in [0.05, 0.1) is 16.3 Å². The number of nitrogen functional groups attached to an aromatic ring is 3. The SMILES string of the molecule is Nc1c([N+](=O)[O-])cc(Br)c2c1CN(Cc1ccccc1)CC2.Nc1cc(Br)c2c(c1N)CN(Cc1ccccc1)CC2. The summed E-state index contributed by atoms with van der Waals surface area (Å²) in [4.78, 5) is 15.4. The third-order valence-corrected chi connectivity index (χ3v) is 9.32. The van der Waals surface area contributed by atoms with Crippen LogP contribution in [0.2, 0.25) is 0 Å². The van der Waals surface area contributed by atoms with Crippen LogP contribution >= 0.6 is 31.9 Å². The average molecular weight is 694 g/mol. The molecule has 0 atom stereocenters. The highest BCUT2D eigenvalue weighted by atomic mass is 79.9. The van der Waals surface area contributed by atoms with Crippen molar-refractivity contribution in [3.63, 3.8) is 0 Å². The summed E-state index contributed by atoms with van der Waals surface area (Å²) in [6, 6.07) is 24.2. The second-order valence-electron chi connectivity index (χ2n) is 10.7. The van der Waals surface area contributed by atoms with E-state index < -0.39 is 4.92 Å². The summed E-state index contributed by atoms with van der Waals surface area (Å²) in [5.74, 6) is 0. The maximum absolute atomic E-state index is 11.1. The molecule has 0 bridgehead atoms. The Morgan fingerprint density at radius 2 is 1.14 bits per heavy atom. The molecule has 218 valence electrons. The van der Waals surface area contributed by atoms with E-state index in [4.69, 9.17) is 17.2 Å². The van der Waals surface area contributed by atoms with E-state index >= 15 is 0 Å². The number of nitro benzene ring substituents is 1. The third-order valence-electron chi connectivity index (χ3n) is 7.90. The highest BCUT2D eigenvalue weighted by Gasteiger charge is 2.26. The van der Waals surface area contributed by atoms with Crippen molar-refractivity contribution in [2.75, 3.05) is 30.3 Å². The quantitative estimate of drug-likeness (QED) is 0.121. The molecule has 0 saturated carbocycles. The fourth-order valence-electron chi connectivity index (χ4n) is 5.68. The van der Waals surface area contributed by atoms with Gasteiger partial charge in [-0.15, -0.1) is 0 Å². The molecule has 2 aliphatic heterocycles. The van der Waals surface area contributed by atoms with E-state index in [9.17, 15) is 10.1 Å². The summed E-state index contributed by atoms with van der Waals surface area (Å²) in [6.45, 7) is 5.23. The number of nitrogens with two attached hydrogens (primary N) is 3. The molecule has 0 saturated heterocycles. The first-order chi connectivity index (χ1) is 20.2. The topological polar surface area (TPSA) is 128 Å². The highest BCUT2D eigenvalue weighted by Crippen LogP contribution is 2.38. The Hall–Kier alpha value is -3.44. The summed E-state index contributed by atoms with van der Waals surface area (Å²) < 4.78 is 1.86. The van der Waals surface area contributed by atoms with Crippen LogP contribution in [0.3, 0.4) is 0 Å². The smallest absolute Gasteiger partial charge is 0.293 e. The lowest BCUT2D eigenvalue weighted by molar-refractivity contribution is -0.384. The predicted molar refractivity (Wildman–Crippen MR) is 177 cm³/mol. The standard InChI is InChI=1S/C16H16BrN3O2.C16H18BrN3/c17-14-8-15(20(21)22)16(18)13-10-19(7-6-12(13)14)9-11-4-2-1-3-5-11;17-14-8-15(18)16(19)13-10-20(7-6-12(13)14)9-11-4-2-1-3-5-11/h1-5,8H,6-7,9-10,18H2;1-5,8H,6-7,9-10,18-19H2. The lowest BCUT2D eigenvalue weighted by Gasteiger charge is -2.30. The fraction of sp³-hybridized carbons (Fsp3) is 0.250. The minimum Gasteiger partial charge on any atom is -0.397 e. The zero-order valence-electron chi connectivity index (χ0n) is 23.2. The van der Waals surface area contributed by atoms with Crippen LogP contribution in [-0.2, 0) is 39.0 Å². The van der Waals surface area contributed by atoms with Crippen molar-refractivity contribution in [2.45, 2.75) is 39.0 Å². The number of nitro groups is 1. The number of fused-ring (bicyclic) bond motifs is 2. The molecule has 0 aliphatic carbocycles.